The van der Waals surface area contributed by atoms with Crippen molar-refractivity contribution in [2.24, 2.45) is 0 Å². The average Bonchev–Trinajstić information content (AvgIpc) is 2.72. The third kappa shape index (κ3) is 1.74. The zero-order valence-electron chi connectivity index (χ0n) is 7.16. The highest BCUT2D eigenvalue weighted by Gasteiger charge is 2.04. The van der Waals surface area contributed by atoms with Crippen molar-refractivity contribution in [3.05, 3.63) is 42.2 Å². The van der Waals surface area contributed by atoms with E-state index in [0.29, 0.717) is 5.56 Å². The van der Waals surface area contributed by atoms with Crippen molar-refractivity contribution in [2.45, 2.75) is 0 Å². The van der Waals surface area contributed by atoms with Gasteiger partial charge >= 0.3 is 0 Å². The predicted molar refractivity (Wildman–Crippen MR) is 48.0 cm³/mol. The zero-order chi connectivity index (χ0) is 9.80. The Bertz CT molecular complexity index is 411. The molecule has 1 aromatic heterocycles. The largest absolute Gasteiger partial charge is 0.271 e. The molecule has 70 valence electrons. The Morgan fingerprint density at radius 1 is 1.29 bits per heavy atom. The van der Waals surface area contributed by atoms with E-state index in [0.717, 1.165) is 4.79 Å². The van der Waals surface area contributed by atoms with Crippen LogP contribution in [0.2, 0.25) is 0 Å². The number of carbonyl (C=O) groups excluding carboxylic acids is 1. The molecule has 0 spiro atoms. The van der Waals surface area contributed by atoms with Crippen LogP contribution < -0.4 is 5.43 Å². The van der Waals surface area contributed by atoms with E-state index in [1.807, 2.05) is 6.07 Å². The van der Waals surface area contributed by atoms with Gasteiger partial charge in [-0.25, -0.2) is 5.43 Å². The molecule has 0 saturated carbocycles. The van der Waals surface area contributed by atoms with Gasteiger partial charge in [0, 0.05) is 5.56 Å². The number of benzene rings is 1. The maximum atomic E-state index is 11.5. The monoisotopic (exact) mass is 189 g/mol. The number of nitrogens with zero attached hydrogens (tertiary/aromatic N) is 4. The SMILES string of the molecule is O=C(Nn1cnnn1)c1ccccc1. The number of tetrazole rings is 1. The second-order valence-electron chi connectivity index (χ2n) is 2.56. The van der Waals surface area contributed by atoms with Crippen LogP contribution in [-0.2, 0) is 0 Å². The molecule has 2 aromatic rings. The fraction of sp³-hybridized carbons (Fsp3) is 0. The first kappa shape index (κ1) is 8.36. The second kappa shape index (κ2) is 3.65. The number of rotatable bonds is 2. The Balaban J connectivity index is 2.11. The van der Waals surface area contributed by atoms with Gasteiger partial charge in [-0.3, -0.25) is 4.79 Å². The maximum Gasteiger partial charge on any atom is 0.271 e. The molecule has 6 heteroatoms. The molecule has 1 N–H and O–H groups in total. The molecule has 0 radical (unpaired) electrons. The fourth-order valence-corrected chi connectivity index (χ4v) is 0.971. The molecular weight excluding hydrogens is 182 g/mol. The lowest BCUT2D eigenvalue weighted by atomic mass is 10.2. The van der Waals surface area contributed by atoms with Crippen molar-refractivity contribution in [3.63, 3.8) is 0 Å². The molecule has 14 heavy (non-hydrogen) atoms. The normalized spacial score (nSPS) is 9.71. The van der Waals surface area contributed by atoms with Gasteiger partial charge in [0.2, 0.25) is 0 Å². The minimum absolute atomic E-state index is 0.252. The molecule has 1 heterocycles. The van der Waals surface area contributed by atoms with Gasteiger partial charge in [-0.05, 0) is 22.6 Å². The second-order valence-corrected chi connectivity index (χ2v) is 2.56. The Morgan fingerprint density at radius 2 is 2.07 bits per heavy atom. The van der Waals surface area contributed by atoms with Gasteiger partial charge < -0.3 is 0 Å². The van der Waals surface area contributed by atoms with Crippen molar-refractivity contribution in [1.29, 1.82) is 0 Å². The summed E-state index contributed by atoms with van der Waals surface area (Å²) >= 11 is 0. The molecule has 0 atom stereocenters. The van der Waals surface area contributed by atoms with Gasteiger partial charge in [0.15, 0.2) is 6.33 Å². The number of hydrogen-bond acceptors (Lipinski definition) is 4. The standard InChI is InChI=1S/C8H7N5O/c14-8(7-4-2-1-3-5-7)10-13-6-9-11-12-13/h1-6H,(H,10,14). The van der Waals surface area contributed by atoms with Gasteiger partial charge in [-0.1, -0.05) is 18.2 Å². The molecule has 2 rings (SSSR count). The van der Waals surface area contributed by atoms with Crippen molar-refractivity contribution in [1.82, 2.24) is 20.3 Å². The lowest BCUT2D eigenvalue weighted by molar-refractivity contribution is 0.100. The topological polar surface area (TPSA) is 72.7 Å². The summed E-state index contributed by atoms with van der Waals surface area (Å²) in [5.41, 5.74) is 3.04. The van der Waals surface area contributed by atoms with Crippen molar-refractivity contribution < 1.29 is 4.79 Å². The molecule has 0 fully saturated rings. The smallest absolute Gasteiger partial charge is 0.267 e. The predicted octanol–water partition coefficient (Wildman–Crippen LogP) is 0.0570. The van der Waals surface area contributed by atoms with Crippen molar-refractivity contribution in [3.8, 4) is 0 Å². The minimum Gasteiger partial charge on any atom is -0.267 e. The van der Waals surface area contributed by atoms with E-state index in [2.05, 4.69) is 21.0 Å². The highest BCUT2D eigenvalue weighted by atomic mass is 16.2. The average molecular weight is 189 g/mol. The Morgan fingerprint density at radius 3 is 2.71 bits per heavy atom. The number of nitrogens with one attached hydrogen (secondary N) is 1. The van der Waals surface area contributed by atoms with Gasteiger partial charge in [-0.15, -0.1) is 9.89 Å². The summed E-state index contributed by atoms with van der Waals surface area (Å²) in [6.07, 6.45) is 1.31. The van der Waals surface area contributed by atoms with Crippen LogP contribution in [0.15, 0.2) is 36.7 Å². The van der Waals surface area contributed by atoms with Crippen LogP contribution in [-0.4, -0.2) is 26.2 Å². The Hall–Kier alpha value is -2.24. The van der Waals surface area contributed by atoms with E-state index in [1.54, 1.807) is 24.3 Å². The molecular formula is C8H7N5O. The molecule has 0 aliphatic rings. The van der Waals surface area contributed by atoms with Gasteiger partial charge in [0.1, 0.15) is 0 Å². The van der Waals surface area contributed by atoms with Gasteiger partial charge in [0.25, 0.3) is 5.91 Å². The highest BCUT2D eigenvalue weighted by Crippen LogP contribution is 1.97. The first-order chi connectivity index (χ1) is 6.86. The molecule has 0 bridgehead atoms. The van der Waals surface area contributed by atoms with Crippen molar-refractivity contribution >= 4 is 5.91 Å². The molecule has 1 amide bonds. The summed E-state index contributed by atoms with van der Waals surface area (Å²) < 4.78 is 0. The fourth-order valence-electron chi connectivity index (χ4n) is 0.971. The molecule has 0 aliphatic heterocycles. The lowest BCUT2D eigenvalue weighted by Crippen LogP contribution is -2.23. The summed E-state index contributed by atoms with van der Waals surface area (Å²) in [7, 11) is 0. The molecule has 0 saturated heterocycles. The quantitative estimate of drug-likeness (QED) is 0.724. The molecule has 1 aromatic carbocycles. The molecule has 0 unspecified atom stereocenters. The third-order valence-corrected chi connectivity index (χ3v) is 1.60. The first-order valence-corrected chi connectivity index (χ1v) is 3.95. The number of amides is 1. The highest BCUT2D eigenvalue weighted by molar-refractivity contribution is 5.99. The Kier molecular flexibility index (Phi) is 2.18. The van der Waals surface area contributed by atoms with E-state index in [9.17, 15) is 4.79 Å². The van der Waals surface area contributed by atoms with Crippen LogP contribution in [0.5, 0.6) is 0 Å². The van der Waals surface area contributed by atoms with Gasteiger partial charge in [-0.2, -0.15) is 0 Å². The number of hydrogen-bond donors (Lipinski definition) is 1. The summed E-state index contributed by atoms with van der Waals surface area (Å²) in [5, 5.41) is 10.3. The summed E-state index contributed by atoms with van der Waals surface area (Å²) in [4.78, 5) is 12.6. The van der Waals surface area contributed by atoms with E-state index < -0.39 is 0 Å². The van der Waals surface area contributed by atoms with Crippen LogP contribution in [0.3, 0.4) is 0 Å². The zero-order valence-corrected chi connectivity index (χ0v) is 7.16. The van der Waals surface area contributed by atoms with Crippen LogP contribution in [0.25, 0.3) is 0 Å². The lowest BCUT2D eigenvalue weighted by Gasteiger charge is -2.01. The van der Waals surface area contributed by atoms with E-state index in [4.69, 9.17) is 0 Å². The molecule has 0 aliphatic carbocycles. The van der Waals surface area contributed by atoms with Crippen LogP contribution in [0, 0.1) is 0 Å². The summed E-state index contributed by atoms with van der Waals surface area (Å²) in [6.45, 7) is 0. The maximum absolute atomic E-state index is 11.5. The van der Waals surface area contributed by atoms with Crippen LogP contribution >= 0.6 is 0 Å². The molecule has 6 nitrogen and oxygen atoms in total. The van der Waals surface area contributed by atoms with Gasteiger partial charge in [0.05, 0.1) is 0 Å². The van der Waals surface area contributed by atoms with Crippen molar-refractivity contribution in [2.75, 3.05) is 5.43 Å². The van der Waals surface area contributed by atoms with E-state index in [1.165, 1.54) is 6.33 Å². The minimum atomic E-state index is -0.252. The van der Waals surface area contributed by atoms with Crippen LogP contribution in [0.4, 0.5) is 0 Å². The van der Waals surface area contributed by atoms with E-state index in [-0.39, 0.29) is 5.91 Å². The summed E-state index contributed by atoms with van der Waals surface area (Å²) in [5.74, 6) is -0.252. The number of carbonyl (C=O) groups is 1. The third-order valence-electron chi connectivity index (χ3n) is 1.60. The number of aromatic nitrogens is 4. The first-order valence-electron chi connectivity index (χ1n) is 3.95. The van der Waals surface area contributed by atoms with E-state index >= 15 is 0 Å². The summed E-state index contributed by atoms with van der Waals surface area (Å²) in [6, 6.07) is 8.83. The Labute approximate surface area is 79.5 Å². The van der Waals surface area contributed by atoms with Crippen LogP contribution in [0.1, 0.15) is 10.4 Å².